The predicted octanol–water partition coefficient (Wildman–Crippen LogP) is 8.79. The highest BCUT2D eigenvalue weighted by Gasteiger charge is 2.40. The lowest BCUT2D eigenvalue weighted by molar-refractivity contribution is -0.167. The molecule has 6 aliphatic rings. The van der Waals surface area contributed by atoms with E-state index in [0.717, 1.165) is 94.1 Å². The van der Waals surface area contributed by atoms with E-state index in [-0.39, 0.29) is 36.1 Å². The van der Waals surface area contributed by atoms with Crippen molar-refractivity contribution in [3.05, 3.63) is 55.8 Å². The summed E-state index contributed by atoms with van der Waals surface area (Å²) in [6, 6.07) is 0. The molecule has 4 N–H and O–H groups in total. The summed E-state index contributed by atoms with van der Waals surface area (Å²) in [5.74, 6) is 1.65. The minimum atomic E-state index is -0.896. The molecule has 3 aliphatic carbocycles. The SMILES string of the molecule is CCC1C=C(C2=CCC(C3CC=CS3)S2)SC2=C1C(OC(O)C1CCC(C(O)CC)CC1)CC=C2OC(O)C1CCC(C(O)CC)CC1. The number of allylic oxidation sites excluding steroid dienone is 3. The van der Waals surface area contributed by atoms with E-state index in [9.17, 15) is 20.4 Å². The Morgan fingerprint density at radius 1 is 0.729 bits per heavy atom. The lowest BCUT2D eigenvalue weighted by Crippen LogP contribution is -2.37. The molecule has 0 aromatic heterocycles. The Balaban J connectivity index is 1.18. The molecular weight excluding hydrogens is 661 g/mol. The van der Waals surface area contributed by atoms with Crippen LogP contribution in [0.4, 0.5) is 0 Å². The van der Waals surface area contributed by atoms with Gasteiger partial charge in [0.05, 0.1) is 23.2 Å². The Kier molecular flexibility index (Phi) is 13.3. The van der Waals surface area contributed by atoms with Gasteiger partial charge in [-0.05, 0) is 119 Å². The van der Waals surface area contributed by atoms with E-state index in [0.29, 0.717) is 28.8 Å². The van der Waals surface area contributed by atoms with E-state index in [1.54, 1.807) is 11.8 Å². The molecule has 6 nitrogen and oxygen atoms in total. The lowest BCUT2D eigenvalue weighted by Gasteiger charge is -2.39. The average Bonchev–Trinajstić information content (AvgIpc) is 3.85. The van der Waals surface area contributed by atoms with Gasteiger partial charge in [-0.1, -0.05) is 50.8 Å². The van der Waals surface area contributed by atoms with Crippen LogP contribution < -0.4 is 0 Å². The van der Waals surface area contributed by atoms with Crippen molar-refractivity contribution in [1.82, 2.24) is 0 Å². The minimum absolute atomic E-state index is 0.0457. The monoisotopic (exact) mass is 718 g/mol. The molecule has 9 heteroatoms. The van der Waals surface area contributed by atoms with Crippen LogP contribution in [0.1, 0.15) is 111 Å². The van der Waals surface area contributed by atoms with Crippen LogP contribution in [-0.4, -0.2) is 61.8 Å². The summed E-state index contributed by atoms with van der Waals surface area (Å²) >= 11 is 5.73. The fourth-order valence-electron chi connectivity index (χ4n) is 8.67. The first-order valence-corrected chi connectivity index (χ1v) is 21.5. The zero-order valence-electron chi connectivity index (χ0n) is 29.0. The van der Waals surface area contributed by atoms with E-state index >= 15 is 0 Å². The van der Waals surface area contributed by atoms with Crippen molar-refractivity contribution in [2.45, 2.75) is 152 Å². The third-order valence-corrected chi connectivity index (χ3v) is 16.1. The Morgan fingerprint density at radius 3 is 1.94 bits per heavy atom. The van der Waals surface area contributed by atoms with Crippen molar-refractivity contribution < 1.29 is 29.9 Å². The van der Waals surface area contributed by atoms with E-state index in [1.165, 1.54) is 15.4 Å². The van der Waals surface area contributed by atoms with Gasteiger partial charge in [-0.25, -0.2) is 0 Å². The van der Waals surface area contributed by atoms with Crippen molar-refractivity contribution in [2.24, 2.45) is 29.6 Å². The molecule has 6 rings (SSSR count). The first-order valence-electron chi connectivity index (χ1n) is 18.9. The van der Waals surface area contributed by atoms with Crippen LogP contribution in [0.25, 0.3) is 0 Å². The van der Waals surface area contributed by atoms with Gasteiger partial charge in [0.2, 0.25) is 0 Å². The number of thioether (sulfide) groups is 3. The second kappa shape index (κ2) is 17.2. The molecule has 0 spiro atoms. The highest BCUT2D eigenvalue weighted by molar-refractivity contribution is 8.11. The van der Waals surface area contributed by atoms with Crippen LogP contribution >= 0.6 is 35.3 Å². The van der Waals surface area contributed by atoms with Gasteiger partial charge in [0, 0.05) is 38.1 Å². The largest absolute Gasteiger partial charge is 0.464 e. The van der Waals surface area contributed by atoms with Gasteiger partial charge in [-0.3, -0.25) is 0 Å². The van der Waals surface area contributed by atoms with Crippen LogP contribution in [0.5, 0.6) is 0 Å². The van der Waals surface area contributed by atoms with E-state index in [1.807, 2.05) is 37.4 Å². The maximum Gasteiger partial charge on any atom is 0.200 e. The number of hydrogen-bond acceptors (Lipinski definition) is 9. The fraction of sp³-hybridized carbons (Fsp3) is 0.744. The average molecular weight is 719 g/mol. The van der Waals surface area contributed by atoms with Crippen LogP contribution in [0.3, 0.4) is 0 Å². The summed E-state index contributed by atoms with van der Waals surface area (Å²) in [7, 11) is 0. The molecule has 8 unspecified atom stereocenters. The van der Waals surface area contributed by atoms with Gasteiger partial charge in [0.25, 0.3) is 0 Å². The summed E-state index contributed by atoms with van der Waals surface area (Å²) in [4.78, 5) is 3.67. The van der Waals surface area contributed by atoms with Crippen LogP contribution in [0.2, 0.25) is 0 Å². The van der Waals surface area contributed by atoms with Crippen molar-refractivity contribution >= 4 is 35.3 Å². The molecule has 2 fully saturated rings. The van der Waals surface area contributed by atoms with Gasteiger partial charge in [0.1, 0.15) is 5.76 Å². The summed E-state index contributed by atoms with van der Waals surface area (Å²) in [5.41, 5.74) is 1.18. The first kappa shape index (κ1) is 37.1. The zero-order valence-corrected chi connectivity index (χ0v) is 31.5. The van der Waals surface area contributed by atoms with Crippen LogP contribution in [-0.2, 0) is 9.47 Å². The van der Waals surface area contributed by atoms with Crippen molar-refractivity contribution in [1.29, 1.82) is 0 Å². The van der Waals surface area contributed by atoms with Gasteiger partial charge in [0.15, 0.2) is 12.6 Å². The Bertz CT molecular complexity index is 1240. The van der Waals surface area contributed by atoms with Gasteiger partial charge in [-0.15, -0.1) is 23.5 Å². The Hall–Kier alpha value is -0.650. The molecule has 8 atom stereocenters. The molecular formula is C39H58O6S3. The van der Waals surface area contributed by atoms with E-state index in [4.69, 9.17) is 9.47 Å². The minimum Gasteiger partial charge on any atom is -0.464 e. The smallest absolute Gasteiger partial charge is 0.200 e. The van der Waals surface area contributed by atoms with Crippen molar-refractivity contribution in [2.75, 3.05) is 0 Å². The topological polar surface area (TPSA) is 99.4 Å². The number of aliphatic hydroxyl groups is 4. The summed E-state index contributed by atoms with van der Waals surface area (Å²) in [6.45, 7) is 6.30. The standard InChI is InChI=1S/C39H58O6S3/c1-4-23-22-35(34-20-19-33(47-34)32-8-7-21-46-32)48-37-31(45-39(43)27-15-11-25(12-16-27)29(41)6-3)18-17-30(36(23)37)44-38(42)26-13-9-24(10-14-26)28(40)5-2/h7,18,20-30,32-33,38-43H,4-6,8-17,19H2,1-3H3. The van der Waals surface area contributed by atoms with Crippen molar-refractivity contribution in [3.63, 3.8) is 0 Å². The number of hydrogen-bond donors (Lipinski definition) is 4. The number of aliphatic hydroxyl groups excluding tert-OH is 4. The predicted molar refractivity (Wildman–Crippen MR) is 200 cm³/mol. The highest BCUT2D eigenvalue weighted by Crippen LogP contribution is 2.55. The van der Waals surface area contributed by atoms with Crippen LogP contribution in [0.15, 0.2) is 55.8 Å². The summed E-state index contributed by atoms with van der Waals surface area (Å²) < 4.78 is 13.1. The maximum atomic E-state index is 11.4. The molecule has 0 radical (unpaired) electrons. The molecule has 0 amide bonds. The summed E-state index contributed by atoms with van der Waals surface area (Å²) in [6.07, 6.45) is 19.1. The van der Waals surface area contributed by atoms with E-state index < -0.39 is 12.6 Å². The third-order valence-electron chi connectivity index (χ3n) is 11.9. The molecule has 0 aromatic rings. The van der Waals surface area contributed by atoms with Gasteiger partial charge in [-0.2, -0.15) is 0 Å². The molecule has 0 bridgehead atoms. The zero-order chi connectivity index (χ0) is 33.8. The second-order valence-electron chi connectivity index (χ2n) is 14.8. The Labute approximate surface area is 301 Å². The fourth-order valence-corrected chi connectivity index (χ4v) is 12.7. The quantitative estimate of drug-likeness (QED) is 0.139. The molecule has 2 saturated carbocycles. The number of rotatable bonds is 13. The maximum absolute atomic E-state index is 11.4. The molecule has 0 aromatic carbocycles. The van der Waals surface area contributed by atoms with E-state index in [2.05, 4.69) is 36.6 Å². The first-order chi connectivity index (χ1) is 23.3. The molecule has 0 saturated heterocycles. The van der Waals surface area contributed by atoms with Crippen molar-refractivity contribution in [3.8, 4) is 0 Å². The second-order valence-corrected chi connectivity index (χ2v) is 18.3. The molecule has 3 heterocycles. The lowest BCUT2D eigenvalue weighted by atomic mass is 9.78. The normalized spacial score (nSPS) is 36.5. The van der Waals surface area contributed by atoms with Gasteiger partial charge >= 0.3 is 0 Å². The number of ether oxygens (including phenoxy) is 2. The third kappa shape index (κ3) is 8.52. The van der Waals surface area contributed by atoms with Crippen LogP contribution in [0, 0.1) is 29.6 Å². The molecule has 48 heavy (non-hydrogen) atoms. The Morgan fingerprint density at radius 2 is 1.35 bits per heavy atom. The highest BCUT2D eigenvalue weighted by atomic mass is 32.2. The molecule has 268 valence electrons. The van der Waals surface area contributed by atoms with Gasteiger partial charge < -0.3 is 29.9 Å². The summed E-state index contributed by atoms with van der Waals surface area (Å²) in [5, 5.41) is 47.1. The molecule has 3 aliphatic heterocycles.